The molecule has 2 rings (SSSR count). The van der Waals surface area contributed by atoms with Crippen molar-refractivity contribution in [1.82, 2.24) is 0 Å². The molecule has 2 aromatic carbocycles. The molecule has 5 nitrogen and oxygen atoms in total. The van der Waals surface area contributed by atoms with E-state index in [2.05, 4.69) is 10.0 Å². The molecule has 0 fully saturated rings. The molecule has 0 atom stereocenters. The van der Waals surface area contributed by atoms with Gasteiger partial charge in [0.25, 0.3) is 0 Å². The molecule has 0 aliphatic carbocycles. The maximum Gasteiger partial charge on any atom is 0.137 e. The number of rotatable bonds is 4. The molecule has 0 spiro atoms. The van der Waals surface area contributed by atoms with Crippen molar-refractivity contribution in [2.24, 2.45) is 5.11 Å². The number of benzene rings is 2. The van der Waals surface area contributed by atoms with Crippen LogP contribution in [0.2, 0.25) is 0 Å². The summed E-state index contributed by atoms with van der Waals surface area (Å²) >= 11 is 0. The first-order chi connectivity index (χ1) is 9.22. The molecule has 0 heterocycles. The van der Waals surface area contributed by atoms with Crippen molar-refractivity contribution in [3.8, 4) is 17.2 Å². The Morgan fingerprint density at radius 1 is 1.11 bits per heavy atom. The van der Waals surface area contributed by atoms with Gasteiger partial charge in [-0.2, -0.15) is 0 Å². The lowest BCUT2D eigenvalue weighted by Gasteiger charge is -2.08. The van der Waals surface area contributed by atoms with Crippen LogP contribution in [0.25, 0.3) is 10.4 Å². The second-order valence-electron chi connectivity index (χ2n) is 3.58. The van der Waals surface area contributed by atoms with Gasteiger partial charge in [0.05, 0.1) is 12.8 Å². The van der Waals surface area contributed by atoms with Crippen LogP contribution < -0.4 is 9.47 Å². The number of azide groups is 1. The van der Waals surface area contributed by atoms with Gasteiger partial charge in [-0.25, -0.2) is 4.39 Å². The van der Waals surface area contributed by atoms with Gasteiger partial charge >= 0.3 is 0 Å². The van der Waals surface area contributed by atoms with Crippen molar-refractivity contribution in [3.63, 3.8) is 0 Å². The van der Waals surface area contributed by atoms with Gasteiger partial charge < -0.3 is 9.47 Å². The molecule has 0 saturated carbocycles. The van der Waals surface area contributed by atoms with Crippen LogP contribution in [0.15, 0.2) is 47.6 Å². The fraction of sp³-hybridized carbons (Fsp3) is 0.0769. The fourth-order valence-corrected chi connectivity index (χ4v) is 1.47. The van der Waals surface area contributed by atoms with E-state index in [0.29, 0.717) is 11.5 Å². The Labute approximate surface area is 108 Å². The Hall–Kier alpha value is -2.72. The Bertz CT molecular complexity index is 622. The highest BCUT2D eigenvalue weighted by atomic mass is 19.1. The van der Waals surface area contributed by atoms with Crippen LogP contribution in [0.5, 0.6) is 17.2 Å². The largest absolute Gasteiger partial charge is 0.497 e. The van der Waals surface area contributed by atoms with Crippen LogP contribution in [0.4, 0.5) is 10.1 Å². The summed E-state index contributed by atoms with van der Waals surface area (Å²) in [5.41, 5.74) is 8.53. The Balaban J connectivity index is 2.29. The van der Waals surface area contributed by atoms with Crippen molar-refractivity contribution >= 4 is 5.69 Å². The van der Waals surface area contributed by atoms with E-state index in [4.69, 9.17) is 15.0 Å². The minimum Gasteiger partial charge on any atom is -0.497 e. The monoisotopic (exact) mass is 259 g/mol. The molecule has 6 heteroatoms. The molecule has 0 N–H and O–H groups in total. The van der Waals surface area contributed by atoms with E-state index in [1.807, 2.05) is 0 Å². The second-order valence-corrected chi connectivity index (χ2v) is 3.58. The standard InChI is InChI=1S/C13H10FN3O2/c1-18-10-3-5-11(6-4-10)19-13-7-2-9(14)8-12(13)16-17-15/h2-8H,1H3. The summed E-state index contributed by atoms with van der Waals surface area (Å²) in [6.07, 6.45) is 0. The van der Waals surface area contributed by atoms with Crippen molar-refractivity contribution in [2.45, 2.75) is 0 Å². The van der Waals surface area contributed by atoms with Gasteiger partial charge in [0.2, 0.25) is 0 Å². The molecule has 2 aromatic rings. The summed E-state index contributed by atoms with van der Waals surface area (Å²) in [5.74, 6) is 1.01. The lowest BCUT2D eigenvalue weighted by atomic mass is 10.3. The highest BCUT2D eigenvalue weighted by Gasteiger charge is 2.05. The van der Waals surface area contributed by atoms with Gasteiger partial charge in [0.1, 0.15) is 23.1 Å². The van der Waals surface area contributed by atoms with Crippen molar-refractivity contribution in [2.75, 3.05) is 7.11 Å². The molecular weight excluding hydrogens is 249 g/mol. The zero-order chi connectivity index (χ0) is 13.7. The highest BCUT2D eigenvalue weighted by Crippen LogP contribution is 2.33. The van der Waals surface area contributed by atoms with Gasteiger partial charge in [-0.15, -0.1) is 0 Å². The maximum absolute atomic E-state index is 13.1. The van der Waals surface area contributed by atoms with Gasteiger partial charge in [0, 0.05) is 4.91 Å². The van der Waals surface area contributed by atoms with E-state index in [1.165, 1.54) is 12.1 Å². The first kappa shape index (κ1) is 12.7. The van der Waals surface area contributed by atoms with Gasteiger partial charge in [0.15, 0.2) is 0 Å². The molecule has 0 unspecified atom stereocenters. The molecule has 0 bridgehead atoms. The SMILES string of the molecule is COc1ccc(Oc2ccc(F)cc2N=[N+]=[N-])cc1. The smallest absolute Gasteiger partial charge is 0.137 e. The molecule has 0 aliphatic rings. The number of hydrogen-bond donors (Lipinski definition) is 0. The lowest BCUT2D eigenvalue weighted by Crippen LogP contribution is -1.87. The van der Waals surface area contributed by atoms with Crippen LogP contribution in [0.3, 0.4) is 0 Å². The third-order valence-electron chi connectivity index (χ3n) is 2.36. The summed E-state index contributed by atoms with van der Waals surface area (Å²) < 4.78 is 23.6. The van der Waals surface area contributed by atoms with Crippen LogP contribution in [0, 0.1) is 5.82 Å². The summed E-state index contributed by atoms with van der Waals surface area (Å²) in [7, 11) is 1.57. The molecule has 0 aromatic heterocycles. The highest BCUT2D eigenvalue weighted by molar-refractivity contribution is 5.53. The van der Waals surface area contributed by atoms with E-state index in [9.17, 15) is 4.39 Å². The molecule has 96 valence electrons. The van der Waals surface area contributed by atoms with Crippen LogP contribution >= 0.6 is 0 Å². The topological polar surface area (TPSA) is 67.2 Å². The minimum atomic E-state index is -0.496. The van der Waals surface area contributed by atoms with E-state index in [1.54, 1.807) is 31.4 Å². The van der Waals surface area contributed by atoms with Gasteiger partial charge in [-0.3, -0.25) is 0 Å². The fourth-order valence-electron chi connectivity index (χ4n) is 1.47. The molecule has 19 heavy (non-hydrogen) atoms. The van der Waals surface area contributed by atoms with Crippen LogP contribution in [-0.2, 0) is 0 Å². The minimum absolute atomic E-state index is 0.0957. The summed E-state index contributed by atoms with van der Waals surface area (Å²) in [4.78, 5) is 2.64. The molecule has 0 amide bonds. The Morgan fingerprint density at radius 2 is 1.79 bits per heavy atom. The number of nitrogens with zero attached hydrogens (tertiary/aromatic N) is 3. The van der Waals surface area contributed by atoms with Crippen LogP contribution in [0.1, 0.15) is 0 Å². The van der Waals surface area contributed by atoms with Crippen LogP contribution in [-0.4, -0.2) is 7.11 Å². The quantitative estimate of drug-likeness (QED) is 0.458. The second kappa shape index (κ2) is 5.75. The van der Waals surface area contributed by atoms with E-state index < -0.39 is 5.82 Å². The summed E-state index contributed by atoms with van der Waals surface area (Å²) in [6.45, 7) is 0. The molecular formula is C13H10FN3O2. The van der Waals surface area contributed by atoms with E-state index >= 15 is 0 Å². The Kier molecular flexibility index (Phi) is 3.85. The zero-order valence-corrected chi connectivity index (χ0v) is 10.1. The summed E-state index contributed by atoms with van der Waals surface area (Å²) in [5, 5.41) is 3.39. The predicted octanol–water partition coefficient (Wildman–Crippen LogP) is 4.57. The van der Waals surface area contributed by atoms with Gasteiger partial charge in [-0.05, 0) is 48.0 Å². The summed E-state index contributed by atoms with van der Waals surface area (Å²) in [6, 6.07) is 10.6. The van der Waals surface area contributed by atoms with Crippen molar-refractivity contribution in [3.05, 3.63) is 58.7 Å². The average Bonchev–Trinajstić information content (AvgIpc) is 2.43. The zero-order valence-electron chi connectivity index (χ0n) is 10.1. The number of halogens is 1. The van der Waals surface area contributed by atoms with Crippen molar-refractivity contribution in [1.29, 1.82) is 0 Å². The van der Waals surface area contributed by atoms with Gasteiger partial charge in [-0.1, -0.05) is 5.11 Å². The maximum atomic E-state index is 13.1. The number of methoxy groups -OCH3 is 1. The lowest BCUT2D eigenvalue weighted by molar-refractivity contribution is 0.413. The van der Waals surface area contributed by atoms with E-state index in [-0.39, 0.29) is 11.4 Å². The first-order valence-corrected chi connectivity index (χ1v) is 5.39. The average molecular weight is 259 g/mol. The predicted molar refractivity (Wildman–Crippen MR) is 68.3 cm³/mol. The normalized spacial score (nSPS) is 9.58. The molecule has 0 radical (unpaired) electrons. The third kappa shape index (κ3) is 3.14. The van der Waals surface area contributed by atoms with Crippen molar-refractivity contribution < 1.29 is 13.9 Å². The Morgan fingerprint density at radius 3 is 2.42 bits per heavy atom. The third-order valence-corrected chi connectivity index (χ3v) is 2.36. The first-order valence-electron chi connectivity index (χ1n) is 5.39. The van der Waals surface area contributed by atoms with E-state index in [0.717, 1.165) is 6.07 Å². The number of hydrogen-bond acceptors (Lipinski definition) is 3. The molecule has 0 saturated heterocycles. The number of ether oxygens (including phenoxy) is 2. The molecule has 0 aliphatic heterocycles.